The van der Waals surface area contributed by atoms with E-state index in [0.29, 0.717) is 5.56 Å². The zero-order valence-electron chi connectivity index (χ0n) is 22.6. The molecule has 0 heterocycles. The molecule has 0 aliphatic rings. The summed E-state index contributed by atoms with van der Waals surface area (Å²) in [6.07, 6.45) is -2.14. The van der Waals surface area contributed by atoms with Gasteiger partial charge in [0.25, 0.3) is 0 Å². The molecule has 0 aromatic heterocycles. The number of rotatable bonds is 12. The second-order valence-electron chi connectivity index (χ2n) is 9.55. The second-order valence-corrected chi connectivity index (χ2v) is 9.55. The number of ether oxygens (including phenoxy) is 1. The molecule has 41 heavy (non-hydrogen) atoms. The van der Waals surface area contributed by atoms with Crippen molar-refractivity contribution >= 4 is 5.91 Å². The van der Waals surface area contributed by atoms with E-state index in [0.717, 1.165) is 21.6 Å². The summed E-state index contributed by atoms with van der Waals surface area (Å²) in [7, 11) is 0. The molecule has 0 aliphatic heterocycles. The predicted molar refractivity (Wildman–Crippen MR) is 156 cm³/mol. The van der Waals surface area contributed by atoms with Gasteiger partial charge in [-0.25, -0.2) is 0 Å². The van der Waals surface area contributed by atoms with E-state index in [1.54, 1.807) is 30.3 Å². The van der Waals surface area contributed by atoms with Crippen LogP contribution in [0.1, 0.15) is 34.7 Å². The van der Waals surface area contributed by atoms with Gasteiger partial charge in [0.05, 0.1) is 18.7 Å². The molecule has 0 fully saturated rings. The fourth-order valence-electron chi connectivity index (χ4n) is 5.15. The zero-order chi connectivity index (χ0) is 29.3. The van der Waals surface area contributed by atoms with Crippen molar-refractivity contribution in [1.82, 2.24) is 4.90 Å². The molecule has 0 saturated heterocycles. The summed E-state index contributed by atoms with van der Waals surface area (Å²) in [5.41, 5.74) is 1.75. The van der Waals surface area contributed by atoms with Gasteiger partial charge >= 0.3 is 12.1 Å². The maximum Gasteiger partial charge on any atom is 0.471 e. The van der Waals surface area contributed by atoms with Crippen LogP contribution in [0.25, 0.3) is 0 Å². The Balaban J connectivity index is 1.85. The Hall–Kier alpha value is -4.42. The third-order valence-electron chi connectivity index (χ3n) is 7.03. The summed E-state index contributed by atoms with van der Waals surface area (Å²) < 4.78 is 49.1. The number of benzene rings is 4. The lowest BCUT2D eigenvalue weighted by molar-refractivity contribution is -0.191. The maximum atomic E-state index is 14.1. The van der Waals surface area contributed by atoms with Gasteiger partial charge in [-0.2, -0.15) is 13.2 Å². The Kier molecular flexibility index (Phi) is 9.58. The van der Waals surface area contributed by atoms with Crippen molar-refractivity contribution < 1.29 is 22.7 Å². The molecular weight excluding hydrogens is 523 g/mol. The monoisotopic (exact) mass is 555 g/mol. The first-order valence-electron chi connectivity index (χ1n) is 13.3. The van der Waals surface area contributed by atoms with Gasteiger partial charge in [-0.3, -0.25) is 4.79 Å². The molecule has 4 aromatic rings. The van der Waals surface area contributed by atoms with Crippen molar-refractivity contribution in [2.45, 2.75) is 30.3 Å². The lowest BCUT2D eigenvalue weighted by Gasteiger charge is -2.41. The Bertz CT molecular complexity index is 1310. The third-order valence-corrected chi connectivity index (χ3v) is 7.03. The third kappa shape index (κ3) is 6.50. The van der Waals surface area contributed by atoms with E-state index in [1.165, 1.54) is 12.2 Å². The molecule has 0 spiro atoms. The summed E-state index contributed by atoms with van der Waals surface area (Å²) in [6.45, 7) is 7.32. The van der Waals surface area contributed by atoms with Crippen LogP contribution in [0.15, 0.2) is 147 Å². The molecule has 0 saturated carbocycles. The Morgan fingerprint density at radius 3 is 1.51 bits per heavy atom. The molecule has 0 bridgehead atoms. The van der Waals surface area contributed by atoms with Crippen molar-refractivity contribution in [3.05, 3.63) is 169 Å². The van der Waals surface area contributed by atoms with E-state index >= 15 is 0 Å². The highest BCUT2D eigenvalue weighted by atomic mass is 19.4. The van der Waals surface area contributed by atoms with E-state index in [-0.39, 0.29) is 13.0 Å². The van der Waals surface area contributed by atoms with E-state index in [2.05, 4.69) is 13.2 Å². The molecule has 4 rings (SSSR count). The van der Waals surface area contributed by atoms with Crippen LogP contribution in [0.5, 0.6) is 0 Å². The molecule has 2 atom stereocenters. The van der Waals surface area contributed by atoms with Gasteiger partial charge in [-0.1, -0.05) is 133 Å². The van der Waals surface area contributed by atoms with E-state index in [4.69, 9.17) is 4.74 Å². The number of hydrogen-bond donors (Lipinski definition) is 0. The molecule has 2 unspecified atom stereocenters. The summed E-state index contributed by atoms with van der Waals surface area (Å²) in [5.74, 6) is -1.97. The van der Waals surface area contributed by atoms with Gasteiger partial charge in [0.1, 0.15) is 5.60 Å². The van der Waals surface area contributed by atoms with Crippen molar-refractivity contribution in [1.29, 1.82) is 0 Å². The fraction of sp³-hybridized carbons (Fsp3) is 0.171. The highest BCUT2D eigenvalue weighted by Gasteiger charge is 2.47. The summed E-state index contributed by atoms with van der Waals surface area (Å²) >= 11 is 0. The van der Waals surface area contributed by atoms with Crippen molar-refractivity contribution in [2.24, 2.45) is 0 Å². The van der Waals surface area contributed by atoms with Gasteiger partial charge in [0, 0.05) is 0 Å². The second kappa shape index (κ2) is 13.3. The van der Waals surface area contributed by atoms with Gasteiger partial charge in [-0.15, -0.1) is 13.2 Å². The molecule has 210 valence electrons. The largest absolute Gasteiger partial charge is 0.471 e. The number of halogens is 3. The van der Waals surface area contributed by atoms with Crippen LogP contribution >= 0.6 is 0 Å². The van der Waals surface area contributed by atoms with Gasteiger partial charge < -0.3 is 9.64 Å². The normalized spacial score (nSPS) is 13.1. The van der Waals surface area contributed by atoms with Crippen LogP contribution in [0, 0.1) is 0 Å². The van der Waals surface area contributed by atoms with Gasteiger partial charge in [0.15, 0.2) is 0 Å². The highest BCUT2D eigenvalue weighted by Crippen LogP contribution is 2.41. The summed E-state index contributed by atoms with van der Waals surface area (Å²) in [4.78, 5) is 13.9. The predicted octanol–water partition coefficient (Wildman–Crippen LogP) is 8.26. The average Bonchev–Trinajstić information content (AvgIpc) is 3.01. The number of carbonyl (C=O) groups excluding carboxylic acids is 1. The maximum absolute atomic E-state index is 14.1. The van der Waals surface area contributed by atoms with Crippen molar-refractivity contribution in [2.75, 3.05) is 6.61 Å². The highest BCUT2D eigenvalue weighted by molar-refractivity contribution is 5.83. The lowest BCUT2D eigenvalue weighted by Crippen LogP contribution is -2.51. The van der Waals surface area contributed by atoms with Crippen LogP contribution in [-0.4, -0.2) is 29.6 Å². The first-order chi connectivity index (χ1) is 19.8. The minimum Gasteiger partial charge on any atom is -0.358 e. The van der Waals surface area contributed by atoms with Gasteiger partial charge in [-0.05, 0) is 28.7 Å². The van der Waals surface area contributed by atoms with Crippen molar-refractivity contribution in [3.8, 4) is 0 Å². The van der Waals surface area contributed by atoms with Crippen LogP contribution in [0.2, 0.25) is 0 Å². The van der Waals surface area contributed by atoms with E-state index in [1.807, 2.05) is 91.0 Å². The fourth-order valence-corrected chi connectivity index (χ4v) is 5.15. The Labute approximate surface area is 239 Å². The quantitative estimate of drug-likeness (QED) is 0.130. The smallest absolute Gasteiger partial charge is 0.358 e. The first-order valence-corrected chi connectivity index (χ1v) is 13.3. The Morgan fingerprint density at radius 1 is 0.732 bits per heavy atom. The summed E-state index contributed by atoms with van der Waals surface area (Å²) in [6, 6.07) is 35.1. The standard InChI is InChI=1S/C35H32F3NO2/c1-3-17-32(27-18-9-5-10-19-27)39(33(40)35(36,37)38)31(4-2)26-41-34(28-20-11-6-12-21-28,29-22-13-7-14-23-29)30-24-15-8-16-25-30/h3-16,18-25,31-32H,1-2,17,26H2. The number of alkyl halides is 3. The van der Waals surface area contributed by atoms with E-state index < -0.39 is 29.8 Å². The molecule has 0 N–H and O–H groups in total. The SMILES string of the molecule is C=CCC(c1ccccc1)N(C(=O)C(F)(F)F)C(C=C)COC(c1ccccc1)(c1ccccc1)c1ccccc1. The van der Waals surface area contributed by atoms with Crippen LogP contribution < -0.4 is 0 Å². The number of carbonyl (C=O) groups is 1. The van der Waals surface area contributed by atoms with E-state index in [9.17, 15) is 18.0 Å². The first kappa shape index (κ1) is 29.6. The van der Waals surface area contributed by atoms with Gasteiger partial charge in [0.2, 0.25) is 0 Å². The Morgan fingerprint density at radius 2 is 1.15 bits per heavy atom. The zero-order valence-corrected chi connectivity index (χ0v) is 22.6. The molecule has 0 radical (unpaired) electrons. The van der Waals surface area contributed by atoms with Crippen LogP contribution in [0.4, 0.5) is 13.2 Å². The van der Waals surface area contributed by atoms with Crippen LogP contribution in [0.3, 0.4) is 0 Å². The molecule has 6 heteroatoms. The molecule has 1 amide bonds. The minimum atomic E-state index is -5.11. The lowest BCUT2D eigenvalue weighted by atomic mass is 9.80. The van der Waals surface area contributed by atoms with Crippen LogP contribution in [-0.2, 0) is 15.1 Å². The molecule has 0 aliphatic carbocycles. The molecule has 4 aromatic carbocycles. The average molecular weight is 556 g/mol. The molecule has 3 nitrogen and oxygen atoms in total. The number of hydrogen-bond acceptors (Lipinski definition) is 2. The summed E-state index contributed by atoms with van der Waals surface area (Å²) in [5, 5.41) is 0. The number of amides is 1. The topological polar surface area (TPSA) is 29.5 Å². The minimum absolute atomic E-state index is 0.109. The van der Waals surface area contributed by atoms with Crippen molar-refractivity contribution in [3.63, 3.8) is 0 Å². The molecular formula is C35H32F3NO2. The number of nitrogens with zero attached hydrogens (tertiary/aromatic N) is 1.